The van der Waals surface area contributed by atoms with Gasteiger partial charge in [-0.2, -0.15) is 0 Å². The fraction of sp³-hybridized carbons (Fsp3) is 0.462. The van der Waals surface area contributed by atoms with Gasteiger partial charge in [0.15, 0.2) is 0 Å². The molecule has 16 heavy (non-hydrogen) atoms. The summed E-state index contributed by atoms with van der Waals surface area (Å²) in [7, 11) is 0. The number of aryl methyl sites for hydroxylation is 1. The lowest BCUT2D eigenvalue weighted by atomic mass is 10.1. The molecule has 0 aliphatic carbocycles. The summed E-state index contributed by atoms with van der Waals surface area (Å²) in [6.07, 6.45) is 2.27. The highest BCUT2D eigenvalue weighted by atomic mass is 16.3. The fourth-order valence-corrected chi connectivity index (χ4v) is 1.49. The Kier molecular flexibility index (Phi) is 5.57. The molecule has 88 valence electrons. The Morgan fingerprint density at radius 2 is 2.06 bits per heavy atom. The molecule has 0 bridgehead atoms. The summed E-state index contributed by atoms with van der Waals surface area (Å²) in [5.74, 6) is 0.0116. The van der Waals surface area contributed by atoms with Crippen molar-refractivity contribution in [1.82, 2.24) is 5.32 Å². The van der Waals surface area contributed by atoms with Crippen LogP contribution in [0.4, 0.5) is 0 Å². The first-order valence-corrected chi connectivity index (χ1v) is 5.66. The van der Waals surface area contributed by atoms with Gasteiger partial charge in [0.25, 0.3) is 0 Å². The Balaban J connectivity index is 2.18. The van der Waals surface area contributed by atoms with Gasteiger partial charge in [0.05, 0.1) is 6.61 Å². The van der Waals surface area contributed by atoms with Crippen molar-refractivity contribution in [3.8, 4) is 0 Å². The molecule has 1 aromatic rings. The Labute approximate surface area is 96.5 Å². The summed E-state index contributed by atoms with van der Waals surface area (Å²) in [6.45, 7) is 1.78. The molecule has 1 aromatic carbocycles. The molecule has 0 spiro atoms. The minimum atomic E-state index is -0.149. The van der Waals surface area contributed by atoms with Crippen molar-refractivity contribution in [2.75, 3.05) is 6.61 Å². The van der Waals surface area contributed by atoms with Gasteiger partial charge in [-0.15, -0.1) is 0 Å². The molecule has 0 aliphatic heterocycles. The largest absolute Gasteiger partial charge is 0.394 e. The van der Waals surface area contributed by atoms with Crippen LogP contribution in [0.25, 0.3) is 0 Å². The maximum absolute atomic E-state index is 11.4. The molecule has 1 amide bonds. The number of aliphatic hydroxyl groups is 1. The van der Waals surface area contributed by atoms with Crippen LogP contribution < -0.4 is 5.32 Å². The topological polar surface area (TPSA) is 49.3 Å². The van der Waals surface area contributed by atoms with Crippen molar-refractivity contribution in [3.63, 3.8) is 0 Å². The lowest BCUT2D eigenvalue weighted by Crippen LogP contribution is -2.34. The van der Waals surface area contributed by atoms with Crippen LogP contribution in [0.1, 0.15) is 25.3 Å². The smallest absolute Gasteiger partial charge is 0.220 e. The van der Waals surface area contributed by atoms with Crippen molar-refractivity contribution in [2.24, 2.45) is 0 Å². The molecule has 2 N–H and O–H groups in total. The van der Waals surface area contributed by atoms with Gasteiger partial charge < -0.3 is 10.4 Å². The van der Waals surface area contributed by atoms with E-state index in [2.05, 4.69) is 17.4 Å². The second-order valence-electron chi connectivity index (χ2n) is 3.99. The fourth-order valence-electron chi connectivity index (χ4n) is 1.49. The second-order valence-corrected chi connectivity index (χ2v) is 3.99. The van der Waals surface area contributed by atoms with Gasteiger partial charge in [0, 0.05) is 12.5 Å². The highest BCUT2D eigenvalue weighted by Crippen LogP contribution is 2.04. The van der Waals surface area contributed by atoms with Crippen LogP contribution in [0.2, 0.25) is 0 Å². The number of amides is 1. The summed E-state index contributed by atoms with van der Waals surface area (Å²) < 4.78 is 0. The average Bonchev–Trinajstić information content (AvgIpc) is 2.30. The first kappa shape index (κ1) is 12.7. The van der Waals surface area contributed by atoms with E-state index in [1.165, 1.54) is 5.56 Å². The van der Waals surface area contributed by atoms with Crippen LogP contribution >= 0.6 is 0 Å². The van der Waals surface area contributed by atoms with Crippen LogP contribution in [-0.4, -0.2) is 23.7 Å². The molecule has 0 aliphatic rings. The van der Waals surface area contributed by atoms with E-state index in [0.29, 0.717) is 6.42 Å². The molecule has 3 nitrogen and oxygen atoms in total. The first-order chi connectivity index (χ1) is 7.72. The highest BCUT2D eigenvalue weighted by Gasteiger charge is 2.05. The molecule has 3 heteroatoms. The van der Waals surface area contributed by atoms with Gasteiger partial charge in [0.1, 0.15) is 0 Å². The van der Waals surface area contributed by atoms with E-state index < -0.39 is 0 Å². The van der Waals surface area contributed by atoms with E-state index in [0.717, 1.165) is 12.8 Å². The SMILES string of the molecule is C[C@H](CO)NC(=O)CCCc1ccccc1. The molecular weight excluding hydrogens is 202 g/mol. The van der Waals surface area contributed by atoms with E-state index in [-0.39, 0.29) is 18.6 Å². The molecule has 0 heterocycles. The normalized spacial score (nSPS) is 12.1. The van der Waals surface area contributed by atoms with E-state index in [1.807, 2.05) is 18.2 Å². The molecule has 0 radical (unpaired) electrons. The van der Waals surface area contributed by atoms with Gasteiger partial charge in [-0.25, -0.2) is 0 Å². The third-order valence-electron chi connectivity index (χ3n) is 2.39. The van der Waals surface area contributed by atoms with E-state index in [9.17, 15) is 4.79 Å². The maximum atomic E-state index is 11.4. The monoisotopic (exact) mass is 221 g/mol. The van der Waals surface area contributed by atoms with Gasteiger partial charge in [-0.05, 0) is 25.3 Å². The van der Waals surface area contributed by atoms with Crippen molar-refractivity contribution in [3.05, 3.63) is 35.9 Å². The Bertz CT molecular complexity index is 311. The van der Waals surface area contributed by atoms with E-state index in [4.69, 9.17) is 5.11 Å². The third-order valence-corrected chi connectivity index (χ3v) is 2.39. The molecular formula is C13H19NO2. The van der Waals surface area contributed by atoms with Gasteiger partial charge in [0.2, 0.25) is 5.91 Å². The lowest BCUT2D eigenvalue weighted by molar-refractivity contribution is -0.122. The van der Waals surface area contributed by atoms with Gasteiger partial charge in [-0.1, -0.05) is 30.3 Å². The maximum Gasteiger partial charge on any atom is 0.220 e. The van der Waals surface area contributed by atoms with Crippen LogP contribution in [0.15, 0.2) is 30.3 Å². The number of carbonyl (C=O) groups excluding carboxylic acids is 1. The summed E-state index contributed by atoms with van der Waals surface area (Å²) in [5.41, 5.74) is 1.26. The van der Waals surface area contributed by atoms with E-state index >= 15 is 0 Å². The first-order valence-electron chi connectivity index (χ1n) is 5.66. The summed E-state index contributed by atoms with van der Waals surface area (Å²) >= 11 is 0. The molecule has 0 saturated carbocycles. The molecule has 0 aromatic heterocycles. The number of aliphatic hydroxyl groups excluding tert-OH is 1. The van der Waals surface area contributed by atoms with Crippen molar-refractivity contribution in [1.29, 1.82) is 0 Å². The number of hydrogen-bond donors (Lipinski definition) is 2. The van der Waals surface area contributed by atoms with Gasteiger partial charge in [-0.3, -0.25) is 4.79 Å². The van der Waals surface area contributed by atoms with Crippen molar-refractivity contribution < 1.29 is 9.90 Å². The predicted molar refractivity (Wildman–Crippen MR) is 64.1 cm³/mol. The molecule has 0 saturated heterocycles. The van der Waals surface area contributed by atoms with Gasteiger partial charge >= 0.3 is 0 Å². The number of hydrogen-bond acceptors (Lipinski definition) is 2. The molecule has 0 unspecified atom stereocenters. The zero-order valence-corrected chi connectivity index (χ0v) is 9.65. The zero-order valence-electron chi connectivity index (χ0n) is 9.65. The number of benzene rings is 1. The minimum absolute atomic E-state index is 0.00950. The minimum Gasteiger partial charge on any atom is -0.394 e. The zero-order chi connectivity index (χ0) is 11.8. The Morgan fingerprint density at radius 1 is 1.38 bits per heavy atom. The van der Waals surface area contributed by atoms with Crippen LogP contribution in [0.3, 0.4) is 0 Å². The Morgan fingerprint density at radius 3 is 2.69 bits per heavy atom. The Hall–Kier alpha value is -1.35. The number of carbonyl (C=O) groups is 1. The summed E-state index contributed by atoms with van der Waals surface area (Å²) in [4.78, 5) is 11.4. The second kappa shape index (κ2) is 7.01. The summed E-state index contributed by atoms with van der Waals surface area (Å²) in [6, 6.07) is 9.97. The van der Waals surface area contributed by atoms with Crippen molar-refractivity contribution >= 4 is 5.91 Å². The molecule has 1 rings (SSSR count). The molecule has 0 fully saturated rings. The standard InChI is InChI=1S/C13H19NO2/c1-11(10-15)14-13(16)9-5-8-12-6-3-2-4-7-12/h2-4,6-7,11,15H,5,8-10H2,1H3,(H,14,16)/t11-/m1/s1. The summed E-state index contributed by atoms with van der Waals surface area (Å²) in [5, 5.41) is 11.5. The third kappa shape index (κ3) is 4.94. The number of nitrogens with one attached hydrogen (secondary N) is 1. The quantitative estimate of drug-likeness (QED) is 0.765. The molecule has 1 atom stereocenters. The highest BCUT2D eigenvalue weighted by molar-refractivity contribution is 5.76. The predicted octanol–water partition coefficient (Wildman–Crippen LogP) is 1.51. The van der Waals surface area contributed by atoms with Crippen molar-refractivity contribution in [2.45, 2.75) is 32.2 Å². The van der Waals surface area contributed by atoms with Crippen LogP contribution in [-0.2, 0) is 11.2 Å². The van der Waals surface area contributed by atoms with E-state index in [1.54, 1.807) is 6.92 Å². The van der Waals surface area contributed by atoms with Crippen LogP contribution in [0, 0.1) is 0 Å². The number of rotatable bonds is 6. The lowest BCUT2D eigenvalue weighted by Gasteiger charge is -2.10. The van der Waals surface area contributed by atoms with Crippen LogP contribution in [0.5, 0.6) is 0 Å². The average molecular weight is 221 g/mol.